The molecule has 0 aliphatic rings. The molecule has 0 fully saturated rings. The zero-order valence-corrected chi connectivity index (χ0v) is 11.8. The van der Waals surface area contributed by atoms with E-state index in [9.17, 15) is 18.3 Å². The number of rotatable bonds is 4. The monoisotopic (exact) mass is 301 g/mol. The highest BCUT2D eigenvalue weighted by Crippen LogP contribution is 2.35. The van der Waals surface area contributed by atoms with Crippen LogP contribution in [0, 0.1) is 0 Å². The lowest BCUT2D eigenvalue weighted by atomic mass is 10.2. The summed E-state index contributed by atoms with van der Waals surface area (Å²) in [6.45, 7) is 0. The van der Waals surface area contributed by atoms with E-state index in [2.05, 4.69) is 4.84 Å². The van der Waals surface area contributed by atoms with Crippen LogP contribution in [0.3, 0.4) is 0 Å². The summed E-state index contributed by atoms with van der Waals surface area (Å²) in [5, 5.41) is 9.55. The van der Waals surface area contributed by atoms with Gasteiger partial charge in [0.2, 0.25) is 0 Å². The molecule has 0 unspecified atom stereocenters. The van der Waals surface area contributed by atoms with Crippen LogP contribution in [0.2, 0.25) is 0 Å². The Morgan fingerprint density at radius 3 is 2.58 bits per heavy atom. The minimum atomic E-state index is -4.01. The van der Waals surface area contributed by atoms with Crippen molar-refractivity contribution in [2.45, 2.75) is 4.90 Å². The molecule has 0 radical (unpaired) electrons. The van der Waals surface area contributed by atoms with Gasteiger partial charge >= 0.3 is 5.97 Å². The molecule has 0 atom stereocenters. The summed E-state index contributed by atoms with van der Waals surface area (Å²) in [6.07, 6.45) is 0. The molecule has 0 bridgehead atoms. The molecule has 1 aromatic heterocycles. The number of carboxylic acid groups (broad SMARTS) is 1. The Morgan fingerprint density at radius 1 is 1.37 bits per heavy atom. The second-order valence-corrected chi connectivity index (χ2v) is 6.58. The Balaban J connectivity index is 2.84. The average Bonchev–Trinajstić information content (AvgIpc) is 2.77. The molecule has 0 saturated heterocycles. The molecule has 0 saturated carbocycles. The second kappa shape index (κ2) is 4.89. The van der Waals surface area contributed by atoms with Crippen molar-refractivity contribution in [2.75, 3.05) is 14.2 Å². The third-order valence-corrected chi connectivity index (χ3v) is 5.65. The van der Waals surface area contributed by atoms with Crippen LogP contribution in [0.15, 0.2) is 29.2 Å². The lowest BCUT2D eigenvalue weighted by Crippen LogP contribution is -2.26. The smallest absolute Gasteiger partial charge is 0.347 e. The zero-order valence-electron chi connectivity index (χ0n) is 10.2. The number of carboxylic acids is 1. The van der Waals surface area contributed by atoms with Crippen LogP contribution < -0.4 is 0 Å². The van der Waals surface area contributed by atoms with Crippen molar-refractivity contribution in [1.82, 2.24) is 4.47 Å². The average molecular weight is 301 g/mol. The highest BCUT2D eigenvalue weighted by Gasteiger charge is 2.31. The van der Waals surface area contributed by atoms with Crippen molar-refractivity contribution in [2.24, 2.45) is 0 Å². The van der Waals surface area contributed by atoms with Crippen LogP contribution in [0.1, 0.15) is 9.67 Å². The fourth-order valence-corrected chi connectivity index (χ4v) is 4.32. The Labute approximate surface area is 113 Å². The molecule has 2 rings (SSSR count). The van der Waals surface area contributed by atoms with E-state index in [1.807, 2.05) is 0 Å². The first-order valence-corrected chi connectivity index (χ1v) is 7.43. The maximum atomic E-state index is 12.3. The molecule has 102 valence electrons. The van der Waals surface area contributed by atoms with Gasteiger partial charge in [0, 0.05) is 17.1 Å². The van der Waals surface area contributed by atoms with E-state index < -0.39 is 16.0 Å². The highest BCUT2D eigenvalue weighted by molar-refractivity contribution is 7.89. The third kappa shape index (κ3) is 2.23. The predicted molar refractivity (Wildman–Crippen MR) is 70.7 cm³/mol. The van der Waals surface area contributed by atoms with E-state index in [0.717, 1.165) is 11.3 Å². The van der Waals surface area contributed by atoms with E-state index in [0.29, 0.717) is 14.6 Å². The number of sulfonamides is 1. The predicted octanol–water partition coefficient (Wildman–Crippen LogP) is 1.78. The highest BCUT2D eigenvalue weighted by atomic mass is 32.2. The van der Waals surface area contributed by atoms with Crippen LogP contribution in [-0.2, 0) is 14.9 Å². The number of fused-ring (bicyclic) bond motifs is 1. The van der Waals surface area contributed by atoms with Crippen LogP contribution in [0.5, 0.6) is 0 Å². The molecule has 0 aliphatic heterocycles. The van der Waals surface area contributed by atoms with Gasteiger partial charge in [0.05, 0.1) is 7.11 Å². The molecule has 1 aromatic carbocycles. The molecule has 19 heavy (non-hydrogen) atoms. The van der Waals surface area contributed by atoms with Crippen molar-refractivity contribution >= 4 is 37.4 Å². The van der Waals surface area contributed by atoms with Gasteiger partial charge in [-0.05, 0) is 6.07 Å². The fourth-order valence-electron chi connectivity index (χ4n) is 1.65. The fraction of sp³-hybridized carbons (Fsp3) is 0.182. The topological polar surface area (TPSA) is 83.9 Å². The van der Waals surface area contributed by atoms with E-state index in [-0.39, 0.29) is 9.77 Å². The molecular formula is C11H11NO5S2. The number of thiophene rings is 1. The van der Waals surface area contributed by atoms with Gasteiger partial charge in [-0.1, -0.05) is 22.7 Å². The lowest BCUT2D eigenvalue weighted by Gasteiger charge is -2.14. The summed E-state index contributed by atoms with van der Waals surface area (Å²) in [6, 6.07) is 6.64. The van der Waals surface area contributed by atoms with Gasteiger partial charge in [-0.25, -0.2) is 13.2 Å². The number of nitrogens with zero attached hydrogens (tertiary/aromatic N) is 1. The summed E-state index contributed by atoms with van der Waals surface area (Å²) in [4.78, 5) is 15.5. The number of hydrogen-bond acceptors (Lipinski definition) is 5. The first kappa shape index (κ1) is 13.9. The quantitative estimate of drug-likeness (QED) is 0.870. The van der Waals surface area contributed by atoms with E-state index in [1.54, 1.807) is 24.3 Å². The normalized spacial score (nSPS) is 12.2. The Bertz CT molecular complexity index is 735. The van der Waals surface area contributed by atoms with Gasteiger partial charge in [0.15, 0.2) is 0 Å². The van der Waals surface area contributed by atoms with Gasteiger partial charge in [-0.2, -0.15) is 0 Å². The van der Waals surface area contributed by atoms with Gasteiger partial charge in [0.1, 0.15) is 9.77 Å². The summed E-state index contributed by atoms with van der Waals surface area (Å²) < 4.78 is 25.9. The van der Waals surface area contributed by atoms with Gasteiger partial charge < -0.3 is 5.11 Å². The van der Waals surface area contributed by atoms with Gasteiger partial charge in [-0.15, -0.1) is 11.3 Å². The SMILES string of the molecule is CON(C)S(=O)(=O)c1c(C(=O)O)sc2ccccc12. The molecule has 1 N–H and O–H groups in total. The van der Waals surface area contributed by atoms with E-state index in [4.69, 9.17) is 0 Å². The molecule has 8 heteroatoms. The van der Waals surface area contributed by atoms with E-state index >= 15 is 0 Å². The molecule has 0 aliphatic carbocycles. The molecule has 6 nitrogen and oxygen atoms in total. The Morgan fingerprint density at radius 2 is 2.00 bits per heavy atom. The molecule has 0 spiro atoms. The summed E-state index contributed by atoms with van der Waals surface area (Å²) in [5.74, 6) is -1.27. The summed E-state index contributed by atoms with van der Waals surface area (Å²) in [7, 11) is -1.59. The number of aromatic carboxylic acids is 1. The minimum absolute atomic E-state index is 0.217. The third-order valence-electron chi connectivity index (χ3n) is 2.60. The van der Waals surface area contributed by atoms with Crippen LogP contribution >= 0.6 is 11.3 Å². The molecular weight excluding hydrogens is 290 g/mol. The molecule has 0 amide bonds. The molecule has 2 aromatic rings. The van der Waals surface area contributed by atoms with Crippen molar-refractivity contribution in [3.63, 3.8) is 0 Å². The maximum absolute atomic E-state index is 12.3. The summed E-state index contributed by atoms with van der Waals surface area (Å²) >= 11 is 0.926. The Hall–Kier alpha value is -1.48. The number of hydrogen-bond donors (Lipinski definition) is 1. The molecule has 1 heterocycles. The maximum Gasteiger partial charge on any atom is 0.347 e. The number of carbonyl (C=O) groups is 1. The van der Waals surface area contributed by atoms with E-state index in [1.165, 1.54) is 14.2 Å². The Kier molecular flexibility index (Phi) is 3.59. The van der Waals surface area contributed by atoms with Crippen molar-refractivity contribution in [3.05, 3.63) is 29.1 Å². The van der Waals surface area contributed by atoms with Gasteiger partial charge in [0.25, 0.3) is 10.0 Å². The first-order valence-electron chi connectivity index (χ1n) is 5.17. The van der Waals surface area contributed by atoms with Crippen LogP contribution in [0.25, 0.3) is 10.1 Å². The van der Waals surface area contributed by atoms with Crippen LogP contribution in [-0.4, -0.2) is 38.1 Å². The van der Waals surface area contributed by atoms with Crippen molar-refractivity contribution in [1.29, 1.82) is 0 Å². The first-order chi connectivity index (χ1) is 8.89. The second-order valence-electron chi connectivity index (χ2n) is 3.66. The minimum Gasteiger partial charge on any atom is -0.477 e. The number of benzene rings is 1. The van der Waals surface area contributed by atoms with Gasteiger partial charge in [-0.3, -0.25) is 4.84 Å². The standard InChI is InChI=1S/C11H11NO5S2/c1-12(17-2)19(15,16)10-7-5-3-4-6-8(7)18-9(10)11(13)14/h3-6H,1-2H3,(H,13,14). The largest absolute Gasteiger partial charge is 0.477 e. The number of hydroxylamine groups is 1. The van der Waals surface area contributed by atoms with Crippen molar-refractivity contribution < 1.29 is 23.2 Å². The lowest BCUT2D eigenvalue weighted by molar-refractivity contribution is -0.0258. The van der Waals surface area contributed by atoms with Crippen LogP contribution in [0.4, 0.5) is 0 Å². The zero-order chi connectivity index (χ0) is 14.2. The summed E-state index contributed by atoms with van der Waals surface area (Å²) in [5.41, 5.74) is 0. The van der Waals surface area contributed by atoms with Crippen molar-refractivity contribution in [3.8, 4) is 0 Å².